The molecule has 3 aromatic rings. The van der Waals surface area contributed by atoms with Gasteiger partial charge in [-0.05, 0) is 30.7 Å². The van der Waals surface area contributed by atoms with Crippen molar-refractivity contribution in [2.75, 3.05) is 13.1 Å². The summed E-state index contributed by atoms with van der Waals surface area (Å²) in [6.45, 7) is 4.64. The molecule has 0 aliphatic carbocycles. The molecular weight excluding hydrogens is 369 g/mol. The number of rotatable bonds is 3. The van der Waals surface area contributed by atoms with Gasteiger partial charge in [0.25, 0.3) is 0 Å². The van der Waals surface area contributed by atoms with Gasteiger partial charge < -0.3 is 4.90 Å². The molecule has 28 heavy (non-hydrogen) atoms. The van der Waals surface area contributed by atoms with E-state index in [0.717, 1.165) is 29.6 Å². The van der Waals surface area contributed by atoms with Crippen LogP contribution in [-0.4, -0.2) is 38.7 Å². The van der Waals surface area contributed by atoms with E-state index >= 15 is 0 Å². The first-order valence-electron chi connectivity index (χ1n) is 8.80. The number of para-hydroxylation sites is 1. The van der Waals surface area contributed by atoms with Gasteiger partial charge in [0.1, 0.15) is 5.69 Å². The zero-order valence-electron chi connectivity index (χ0n) is 14.9. The predicted octanol–water partition coefficient (Wildman–Crippen LogP) is 4.08. The van der Waals surface area contributed by atoms with Crippen LogP contribution in [0.4, 0.5) is 13.2 Å². The lowest BCUT2D eigenvalue weighted by molar-refractivity contribution is -0.137. The molecule has 5 nitrogen and oxygen atoms in total. The van der Waals surface area contributed by atoms with Crippen LogP contribution < -0.4 is 0 Å². The number of hydrogen-bond donors (Lipinski definition) is 0. The summed E-state index contributed by atoms with van der Waals surface area (Å²) in [6, 6.07) is 9.84. The number of likely N-dealkylation sites (tertiary alicyclic amines) is 1. The van der Waals surface area contributed by atoms with E-state index in [9.17, 15) is 18.0 Å². The maximum Gasteiger partial charge on any atom is 0.417 e. The number of benzene rings is 1. The Morgan fingerprint density at radius 3 is 2.68 bits per heavy atom. The minimum atomic E-state index is -4.43. The molecule has 1 fully saturated rings. The van der Waals surface area contributed by atoms with Crippen molar-refractivity contribution in [3.63, 3.8) is 0 Å². The third kappa shape index (κ3) is 3.15. The first kappa shape index (κ1) is 18.2. The number of pyridine rings is 1. The van der Waals surface area contributed by atoms with Crippen molar-refractivity contribution in [3.05, 3.63) is 60.8 Å². The van der Waals surface area contributed by atoms with Crippen molar-refractivity contribution in [2.45, 2.75) is 18.6 Å². The minimum absolute atomic E-state index is 0.0167. The first-order chi connectivity index (χ1) is 13.4. The second-order valence-corrected chi connectivity index (χ2v) is 6.67. The van der Waals surface area contributed by atoms with E-state index in [0.29, 0.717) is 24.5 Å². The molecule has 0 radical (unpaired) electrons. The molecule has 1 aliphatic rings. The molecule has 2 aromatic heterocycles. The van der Waals surface area contributed by atoms with Crippen LogP contribution in [0.1, 0.15) is 18.0 Å². The Hall–Kier alpha value is -3.16. The summed E-state index contributed by atoms with van der Waals surface area (Å²) in [7, 11) is 0. The van der Waals surface area contributed by atoms with Gasteiger partial charge in [0.15, 0.2) is 0 Å². The molecule has 0 spiro atoms. The van der Waals surface area contributed by atoms with E-state index in [1.807, 2.05) is 28.9 Å². The van der Waals surface area contributed by atoms with Crippen molar-refractivity contribution in [2.24, 2.45) is 0 Å². The maximum atomic E-state index is 12.8. The minimum Gasteiger partial charge on any atom is -0.337 e. The highest BCUT2D eigenvalue weighted by molar-refractivity contribution is 5.92. The molecule has 1 atom stereocenters. The molecular formula is C20H17F3N4O. The van der Waals surface area contributed by atoms with Crippen LogP contribution in [0.15, 0.2) is 55.3 Å². The van der Waals surface area contributed by atoms with Gasteiger partial charge in [0.05, 0.1) is 22.8 Å². The van der Waals surface area contributed by atoms with Crippen LogP contribution in [-0.2, 0) is 11.0 Å². The van der Waals surface area contributed by atoms with E-state index in [-0.39, 0.29) is 11.9 Å². The summed E-state index contributed by atoms with van der Waals surface area (Å²) in [5.74, 6) is -0.122. The third-order valence-electron chi connectivity index (χ3n) is 4.94. The van der Waals surface area contributed by atoms with Crippen molar-refractivity contribution in [1.82, 2.24) is 19.7 Å². The van der Waals surface area contributed by atoms with E-state index in [2.05, 4.69) is 16.7 Å². The van der Waals surface area contributed by atoms with E-state index in [1.54, 1.807) is 4.90 Å². The Kier molecular flexibility index (Phi) is 4.41. The molecule has 1 unspecified atom stereocenters. The van der Waals surface area contributed by atoms with Gasteiger partial charge in [-0.2, -0.15) is 18.3 Å². The SMILES string of the molecule is C=CC(=O)N1CCC(n2nc(-c3ccc(C(F)(F)F)cn3)c3ccccc32)C1. The van der Waals surface area contributed by atoms with Gasteiger partial charge in [-0.1, -0.05) is 24.8 Å². The summed E-state index contributed by atoms with van der Waals surface area (Å²) in [5, 5.41) is 5.47. The van der Waals surface area contributed by atoms with Crippen molar-refractivity contribution >= 4 is 16.8 Å². The van der Waals surface area contributed by atoms with Gasteiger partial charge >= 0.3 is 6.18 Å². The van der Waals surface area contributed by atoms with E-state index in [1.165, 1.54) is 12.1 Å². The highest BCUT2D eigenvalue weighted by atomic mass is 19.4. The van der Waals surface area contributed by atoms with Crippen LogP contribution in [0.2, 0.25) is 0 Å². The Balaban J connectivity index is 1.73. The number of nitrogens with zero attached hydrogens (tertiary/aromatic N) is 4. The number of amides is 1. The van der Waals surface area contributed by atoms with E-state index < -0.39 is 11.7 Å². The highest BCUT2D eigenvalue weighted by Gasteiger charge is 2.31. The van der Waals surface area contributed by atoms with Crippen molar-refractivity contribution in [1.29, 1.82) is 0 Å². The summed E-state index contributed by atoms with van der Waals surface area (Å²) < 4.78 is 40.3. The number of halogens is 3. The standard InChI is InChI=1S/C20H17F3N4O/c1-2-18(28)26-10-9-14(12-26)27-17-6-4-3-5-15(17)19(25-27)16-8-7-13(11-24-16)20(21,22)23/h2-8,11,14H,1,9-10,12H2. The number of fused-ring (bicyclic) bond motifs is 1. The molecule has 3 heterocycles. The fourth-order valence-electron chi connectivity index (χ4n) is 3.53. The molecule has 1 aliphatic heterocycles. The third-order valence-corrected chi connectivity index (χ3v) is 4.94. The summed E-state index contributed by atoms with van der Waals surface area (Å²) in [6.07, 6.45) is -1.58. The summed E-state index contributed by atoms with van der Waals surface area (Å²) in [5.41, 5.74) is 0.962. The zero-order chi connectivity index (χ0) is 19.9. The van der Waals surface area contributed by atoms with Gasteiger partial charge in [-0.15, -0.1) is 0 Å². The largest absolute Gasteiger partial charge is 0.417 e. The molecule has 144 valence electrons. The molecule has 1 aromatic carbocycles. The monoisotopic (exact) mass is 386 g/mol. The zero-order valence-corrected chi connectivity index (χ0v) is 14.9. The second-order valence-electron chi connectivity index (χ2n) is 6.67. The number of hydrogen-bond acceptors (Lipinski definition) is 3. The predicted molar refractivity (Wildman–Crippen MR) is 98.4 cm³/mol. The lowest BCUT2D eigenvalue weighted by atomic mass is 10.1. The molecule has 4 rings (SSSR count). The first-order valence-corrected chi connectivity index (χ1v) is 8.80. The van der Waals surface area contributed by atoms with Gasteiger partial charge in [-0.3, -0.25) is 14.5 Å². The number of carbonyl (C=O) groups excluding carboxylic acids is 1. The van der Waals surface area contributed by atoms with Crippen molar-refractivity contribution in [3.8, 4) is 11.4 Å². The molecule has 0 saturated carbocycles. The van der Waals surface area contributed by atoms with Gasteiger partial charge in [-0.25, -0.2) is 0 Å². The Morgan fingerprint density at radius 1 is 1.21 bits per heavy atom. The van der Waals surface area contributed by atoms with Crippen LogP contribution in [0.25, 0.3) is 22.3 Å². The summed E-state index contributed by atoms with van der Waals surface area (Å²) >= 11 is 0. The molecule has 8 heteroatoms. The molecule has 0 N–H and O–H groups in total. The Labute approximate surface area is 159 Å². The normalized spacial score (nSPS) is 17.2. The van der Waals surface area contributed by atoms with Gasteiger partial charge in [0.2, 0.25) is 5.91 Å². The smallest absolute Gasteiger partial charge is 0.337 e. The Bertz CT molecular complexity index is 1040. The van der Waals surface area contributed by atoms with Crippen LogP contribution in [0.3, 0.4) is 0 Å². The number of alkyl halides is 3. The maximum absolute atomic E-state index is 12.8. The highest BCUT2D eigenvalue weighted by Crippen LogP contribution is 2.33. The average Bonchev–Trinajstić information content (AvgIpc) is 3.32. The van der Waals surface area contributed by atoms with Crippen LogP contribution >= 0.6 is 0 Å². The van der Waals surface area contributed by atoms with Crippen molar-refractivity contribution < 1.29 is 18.0 Å². The fraction of sp³-hybridized carbons (Fsp3) is 0.250. The lowest BCUT2D eigenvalue weighted by Gasteiger charge is -2.15. The lowest BCUT2D eigenvalue weighted by Crippen LogP contribution is -2.27. The summed E-state index contributed by atoms with van der Waals surface area (Å²) in [4.78, 5) is 17.6. The van der Waals surface area contributed by atoms with Crippen LogP contribution in [0, 0.1) is 0 Å². The molecule has 1 amide bonds. The number of carbonyl (C=O) groups is 1. The van der Waals surface area contributed by atoms with E-state index in [4.69, 9.17) is 0 Å². The quantitative estimate of drug-likeness (QED) is 0.638. The van der Waals surface area contributed by atoms with Crippen LogP contribution in [0.5, 0.6) is 0 Å². The van der Waals surface area contributed by atoms with Gasteiger partial charge in [0, 0.05) is 24.7 Å². The topological polar surface area (TPSA) is 51.0 Å². The Morgan fingerprint density at radius 2 is 2.00 bits per heavy atom. The average molecular weight is 386 g/mol. The fourth-order valence-corrected chi connectivity index (χ4v) is 3.53. The molecule has 1 saturated heterocycles. The second kappa shape index (κ2) is 6.78. The number of aromatic nitrogens is 3. The molecule has 0 bridgehead atoms.